The van der Waals surface area contributed by atoms with Gasteiger partial charge in [-0.2, -0.15) is 0 Å². The minimum atomic E-state index is -0.708. The third kappa shape index (κ3) is 8.63. The third-order valence-corrected chi connectivity index (χ3v) is 5.94. The molecular weight excluding hydrogens is 430 g/mol. The zero-order chi connectivity index (χ0) is 24.6. The molecule has 7 nitrogen and oxygen atoms in total. The van der Waals surface area contributed by atoms with Crippen molar-refractivity contribution in [3.05, 3.63) is 65.7 Å². The number of carbonyl (C=O) groups is 1. The summed E-state index contributed by atoms with van der Waals surface area (Å²) in [5.74, 6) is 0.868. The Balaban J connectivity index is 1.53. The molecule has 1 heterocycles. The van der Waals surface area contributed by atoms with Crippen LogP contribution in [-0.2, 0) is 17.7 Å². The summed E-state index contributed by atoms with van der Waals surface area (Å²) in [5.41, 5.74) is 1.73. The fourth-order valence-corrected chi connectivity index (χ4v) is 4.12. The fraction of sp³-hybridized carbons (Fsp3) is 0.519. The monoisotopic (exact) mass is 469 g/mol. The van der Waals surface area contributed by atoms with E-state index in [0.717, 1.165) is 44.0 Å². The second kappa shape index (κ2) is 12.2. The summed E-state index contributed by atoms with van der Waals surface area (Å²) in [5, 5.41) is 14.0. The molecule has 186 valence electrons. The molecule has 0 bridgehead atoms. The van der Waals surface area contributed by atoms with Crippen LogP contribution in [0.4, 0.5) is 4.79 Å². The number of ether oxygens (including phenoxy) is 2. The van der Waals surface area contributed by atoms with Gasteiger partial charge in [-0.1, -0.05) is 42.5 Å². The number of β-amino-alcohol motifs (C(OH)–C–C–N with tert-alkyl or cyclic N) is 1. The lowest BCUT2D eigenvalue weighted by molar-refractivity contribution is 0.0299. The first-order valence-corrected chi connectivity index (χ1v) is 12.0. The van der Waals surface area contributed by atoms with Crippen molar-refractivity contribution in [3.8, 4) is 5.75 Å². The highest BCUT2D eigenvalue weighted by Gasteiger charge is 2.28. The summed E-state index contributed by atoms with van der Waals surface area (Å²) in [6.07, 6.45) is -0.670. The summed E-state index contributed by atoms with van der Waals surface area (Å²) < 4.78 is 10.7. The van der Waals surface area contributed by atoms with Crippen molar-refractivity contribution in [2.45, 2.75) is 51.5 Å². The molecule has 2 aromatic carbocycles. The summed E-state index contributed by atoms with van der Waals surface area (Å²) in [6.45, 7) is 10.5. The van der Waals surface area contributed by atoms with E-state index in [1.807, 2.05) is 63.2 Å². The van der Waals surface area contributed by atoms with Crippen molar-refractivity contribution in [2.75, 3.05) is 39.8 Å². The third-order valence-electron chi connectivity index (χ3n) is 5.94. The Labute approximate surface area is 203 Å². The first-order valence-electron chi connectivity index (χ1n) is 12.0. The van der Waals surface area contributed by atoms with E-state index in [1.165, 1.54) is 5.56 Å². The normalized spacial score (nSPS) is 17.1. The van der Waals surface area contributed by atoms with Crippen LogP contribution >= 0.6 is 0 Å². The molecule has 1 amide bonds. The van der Waals surface area contributed by atoms with Gasteiger partial charge < -0.3 is 19.9 Å². The SMILES string of the molecule is COc1ccc(CN2CCN(C[C@@H](O)[C@H](Cc3ccccc3)NC(=O)OC(C)(C)C)CC2)cc1. The number of rotatable bonds is 9. The van der Waals surface area contributed by atoms with Gasteiger partial charge in [0.15, 0.2) is 0 Å². The number of hydrogen-bond donors (Lipinski definition) is 2. The fourth-order valence-electron chi connectivity index (χ4n) is 4.12. The molecule has 0 unspecified atom stereocenters. The summed E-state index contributed by atoms with van der Waals surface area (Å²) in [7, 11) is 1.68. The largest absolute Gasteiger partial charge is 0.497 e. The molecule has 0 spiro atoms. The topological polar surface area (TPSA) is 74.3 Å². The van der Waals surface area contributed by atoms with Crippen LogP contribution in [0.25, 0.3) is 0 Å². The van der Waals surface area contributed by atoms with Crippen molar-refractivity contribution in [2.24, 2.45) is 0 Å². The molecule has 7 heteroatoms. The number of nitrogens with zero attached hydrogens (tertiary/aromatic N) is 2. The Morgan fingerprint density at radius 1 is 0.971 bits per heavy atom. The lowest BCUT2D eigenvalue weighted by Crippen LogP contribution is -2.53. The highest BCUT2D eigenvalue weighted by Crippen LogP contribution is 2.15. The van der Waals surface area contributed by atoms with Crippen molar-refractivity contribution in [3.63, 3.8) is 0 Å². The molecule has 0 saturated carbocycles. The maximum absolute atomic E-state index is 12.4. The molecule has 0 aliphatic carbocycles. The van der Waals surface area contributed by atoms with E-state index in [2.05, 4.69) is 27.2 Å². The predicted octanol–water partition coefficient (Wildman–Crippen LogP) is 3.31. The van der Waals surface area contributed by atoms with Crippen LogP contribution in [0.2, 0.25) is 0 Å². The molecule has 2 atom stereocenters. The zero-order valence-corrected chi connectivity index (χ0v) is 20.9. The number of benzene rings is 2. The van der Waals surface area contributed by atoms with Crippen molar-refractivity contribution in [1.82, 2.24) is 15.1 Å². The quantitative estimate of drug-likeness (QED) is 0.587. The molecule has 34 heavy (non-hydrogen) atoms. The van der Waals surface area contributed by atoms with Gasteiger partial charge in [-0.05, 0) is 50.5 Å². The lowest BCUT2D eigenvalue weighted by atomic mass is 10.0. The van der Waals surface area contributed by atoms with E-state index >= 15 is 0 Å². The van der Waals surface area contributed by atoms with Crippen LogP contribution in [0.1, 0.15) is 31.9 Å². The van der Waals surface area contributed by atoms with Crippen molar-refractivity contribution in [1.29, 1.82) is 0 Å². The Morgan fingerprint density at radius 2 is 1.59 bits per heavy atom. The molecule has 3 rings (SSSR count). The molecule has 0 radical (unpaired) electrons. The second-order valence-electron chi connectivity index (χ2n) is 9.93. The number of amides is 1. The van der Waals surface area contributed by atoms with Gasteiger partial charge >= 0.3 is 6.09 Å². The smallest absolute Gasteiger partial charge is 0.407 e. The van der Waals surface area contributed by atoms with Gasteiger partial charge in [0, 0.05) is 39.3 Å². The first kappa shape index (κ1) is 26.0. The standard InChI is InChI=1S/C27H39N3O4/c1-27(2,3)34-26(32)28-24(18-21-8-6-5-7-9-21)25(31)20-30-16-14-29(15-17-30)19-22-10-12-23(33-4)13-11-22/h5-13,24-25,31H,14-20H2,1-4H3,(H,28,32)/t24-,25+/m0/s1. The Morgan fingerprint density at radius 3 is 2.18 bits per heavy atom. The molecule has 1 saturated heterocycles. The van der Waals surface area contributed by atoms with E-state index in [9.17, 15) is 9.90 Å². The maximum Gasteiger partial charge on any atom is 0.407 e. The second-order valence-corrected chi connectivity index (χ2v) is 9.93. The van der Waals surface area contributed by atoms with Crippen LogP contribution in [0, 0.1) is 0 Å². The number of carbonyl (C=O) groups excluding carboxylic acids is 1. The van der Waals surface area contributed by atoms with E-state index < -0.39 is 23.8 Å². The summed E-state index contributed by atoms with van der Waals surface area (Å²) in [6, 6.07) is 17.7. The van der Waals surface area contributed by atoms with Crippen LogP contribution in [-0.4, -0.2) is 78.6 Å². The average Bonchev–Trinajstić information content (AvgIpc) is 2.80. The number of piperazine rings is 1. The summed E-state index contributed by atoms with van der Waals surface area (Å²) >= 11 is 0. The number of nitrogens with one attached hydrogen (secondary N) is 1. The van der Waals surface area contributed by atoms with E-state index in [0.29, 0.717) is 13.0 Å². The van der Waals surface area contributed by atoms with E-state index in [-0.39, 0.29) is 0 Å². The lowest BCUT2D eigenvalue weighted by Gasteiger charge is -2.37. The first-order chi connectivity index (χ1) is 16.2. The highest BCUT2D eigenvalue weighted by atomic mass is 16.6. The number of aliphatic hydroxyl groups excluding tert-OH is 1. The minimum Gasteiger partial charge on any atom is -0.497 e. The van der Waals surface area contributed by atoms with Gasteiger partial charge in [0.25, 0.3) is 0 Å². The minimum absolute atomic E-state index is 0.436. The van der Waals surface area contributed by atoms with Gasteiger partial charge in [-0.25, -0.2) is 4.79 Å². The van der Waals surface area contributed by atoms with Gasteiger partial charge in [-0.15, -0.1) is 0 Å². The highest BCUT2D eigenvalue weighted by molar-refractivity contribution is 5.68. The van der Waals surface area contributed by atoms with Crippen LogP contribution in [0.5, 0.6) is 5.75 Å². The van der Waals surface area contributed by atoms with Gasteiger partial charge in [0.2, 0.25) is 0 Å². The molecule has 0 aromatic heterocycles. The molecular formula is C27H39N3O4. The molecule has 1 aliphatic heterocycles. The summed E-state index contributed by atoms with van der Waals surface area (Å²) in [4.78, 5) is 17.1. The zero-order valence-electron chi connectivity index (χ0n) is 20.9. The van der Waals surface area contributed by atoms with Crippen LogP contribution < -0.4 is 10.1 Å². The van der Waals surface area contributed by atoms with Crippen molar-refractivity contribution < 1.29 is 19.4 Å². The Hall–Kier alpha value is -2.61. The number of methoxy groups -OCH3 is 1. The molecule has 1 fully saturated rings. The number of hydrogen-bond acceptors (Lipinski definition) is 6. The number of aliphatic hydroxyl groups is 1. The Kier molecular flexibility index (Phi) is 9.33. The van der Waals surface area contributed by atoms with Crippen molar-refractivity contribution >= 4 is 6.09 Å². The molecule has 1 aliphatic rings. The van der Waals surface area contributed by atoms with E-state index in [1.54, 1.807) is 7.11 Å². The molecule has 2 N–H and O–H groups in total. The van der Waals surface area contributed by atoms with E-state index in [4.69, 9.17) is 9.47 Å². The van der Waals surface area contributed by atoms with Gasteiger partial charge in [0.1, 0.15) is 11.4 Å². The average molecular weight is 470 g/mol. The van der Waals surface area contributed by atoms with Crippen LogP contribution in [0.15, 0.2) is 54.6 Å². The van der Waals surface area contributed by atoms with Crippen LogP contribution in [0.3, 0.4) is 0 Å². The van der Waals surface area contributed by atoms with Gasteiger partial charge in [0.05, 0.1) is 19.3 Å². The predicted molar refractivity (Wildman–Crippen MR) is 134 cm³/mol. The number of alkyl carbamates (subject to hydrolysis) is 1. The maximum atomic E-state index is 12.4. The Bertz CT molecular complexity index is 875. The van der Waals surface area contributed by atoms with Gasteiger partial charge in [-0.3, -0.25) is 9.80 Å². The molecule has 2 aromatic rings.